The summed E-state index contributed by atoms with van der Waals surface area (Å²) < 4.78 is 0. The van der Waals surface area contributed by atoms with Gasteiger partial charge in [-0.3, -0.25) is 0 Å². The van der Waals surface area contributed by atoms with Crippen LogP contribution in [0.25, 0.3) is 10.9 Å². The third-order valence-corrected chi connectivity index (χ3v) is 2.43. The van der Waals surface area contributed by atoms with Crippen molar-refractivity contribution in [3.8, 4) is 0 Å². The number of aryl methyl sites for hydroxylation is 2. The Morgan fingerprint density at radius 1 is 1.38 bits per heavy atom. The zero-order valence-corrected chi connectivity index (χ0v) is 8.02. The van der Waals surface area contributed by atoms with E-state index in [9.17, 15) is 0 Å². The molecule has 2 aromatic rings. The van der Waals surface area contributed by atoms with Crippen LogP contribution in [0, 0.1) is 6.92 Å². The second kappa shape index (κ2) is 2.80. The summed E-state index contributed by atoms with van der Waals surface area (Å²) in [6.07, 6.45) is 3.09. The topological polar surface area (TPSA) is 41.8 Å². The van der Waals surface area contributed by atoms with Crippen LogP contribution in [-0.4, -0.2) is 4.98 Å². The number of nitrogen functional groups attached to an aromatic ring is 1. The van der Waals surface area contributed by atoms with Crippen molar-refractivity contribution >= 4 is 16.6 Å². The summed E-state index contributed by atoms with van der Waals surface area (Å²) in [7, 11) is 0. The summed E-state index contributed by atoms with van der Waals surface area (Å²) in [6, 6.07) is 4.18. The zero-order chi connectivity index (χ0) is 9.42. The van der Waals surface area contributed by atoms with Gasteiger partial charge in [0.2, 0.25) is 0 Å². The van der Waals surface area contributed by atoms with E-state index < -0.39 is 0 Å². The summed E-state index contributed by atoms with van der Waals surface area (Å²) in [5.74, 6) is 0. The third-order valence-electron chi connectivity index (χ3n) is 2.43. The van der Waals surface area contributed by atoms with E-state index in [1.54, 1.807) is 0 Å². The van der Waals surface area contributed by atoms with Crippen LogP contribution in [0.1, 0.15) is 18.1 Å². The molecule has 1 aromatic heterocycles. The van der Waals surface area contributed by atoms with Gasteiger partial charge in [0.1, 0.15) is 0 Å². The molecule has 1 heterocycles. The molecule has 0 bridgehead atoms. The van der Waals surface area contributed by atoms with E-state index in [1.165, 1.54) is 16.5 Å². The van der Waals surface area contributed by atoms with E-state index in [0.29, 0.717) is 0 Å². The Labute approximate surface area is 77.8 Å². The minimum atomic E-state index is 0.842. The molecule has 0 spiro atoms. The molecule has 0 amide bonds. The first kappa shape index (κ1) is 8.17. The number of nitrogens with one attached hydrogen (secondary N) is 1. The number of benzene rings is 1. The van der Waals surface area contributed by atoms with Crippen molar-refractivity contribution in [2.75, 3.05) is 5.73 Å². The fourth-order valence-corrected chi connectivity index (χ4v) is 1.76. The standard InChI is InChI=1S/C11H14N2/c1-3-8-6-13-11-9(8)4-7(2)5-10(11)12/h4-6,13H,3,12H2,1-2H3. The highest BCUT2D eigenvalue weighted by atomic mass is 14.7. The van der Waals surface area contributed by atoms with Crippen molar-refractivity contribution in [2.24, 2.45) is 0 Å². The van der Waals surface area contributed by atoms with Gasteiger partial charge in [-0.15, -0.1) is 0 Å². The number of H-pyrrole nitrogens is 1. The van der Waals surface area contributed by atoms with Gasteiger partial charge in [0, 0.05) is 11.6 Å². The Morgan fingerprint density at radius 2 is 2.15 bits per heavy atom. The normalized spacial score (nSPS) is 10.9. The SMILES string of the molecule is CCc1c[nH]c2c(N)cc(C)cc12. The Bertz CT molecular complexity index is 441. The maximum atomic E-state index is 5.89. The summed E-state index contributed by atoms with van der Waals surface area (Å²) in [5.41, 5.74) is 10.4. The Balaban J connectivity index is 2.82. The lowest BCUT2D eigenvalue weighted by molar-refractivity contribution is 1.15. The quantitative estimate of drug-likeness (QED) is 0.641. The number of hydrogen-bond acceptors (Lipinski definition) is 1. The minimum absolute atomic E-state index is 0.842. The van der Waals surface area contributed by atoms with Crippen LogP contribution < -0.4 is 5.73 Å². The van der Waals surface area contributed by atoms with Gasteiger partial charge in [0.15, 0.2) is 0 Å². The van der Waals surface area contributed by atoms with Gasteiger partial charge >= 0.3 is 0 Å². The van der Waals surface area contributed by atoms with E-state index >= 15 is 0 Å². The van der Waals surface area contributed by atoms with E-state index in [1.807, 2.05) is 12.3 Å². The van der Waals surface area contributed by atoms with Gasteiger partial charge in [-0.1, -0.05) is 6.92 Å². The molecule has 13 heavy (non-hydrogen) atoms. The van der Waals surface area contributed by atoms with E-state index in [-0.39, 0.29) is 0 Å². The molecule has 2 heteroatoms. The number of rotatable bonds is 1. The molecule has 0 saturated heterocycles. The molecule has 2 rings (SSSR count). The summed E-state index contributed by atoms with van der Waals surface area (Å²) >= 11 is 0. The molecular weight excluding hydrogens is 160 g/mol. The van der Waals surface area contributed by atoms with Gasteiger partial charge in [-0.25, -0.2) is 0 Å². The molecule has 0 aliphatic rings. The molecule has 0 saturated carbocycles. The number of aromatic amines is 1. The Hall–Kier alpha value is -1.44. The maximum Gasteiger partial charge on any atom is 0.0690 e. The first-order valence-electron chi connectivity index (χ1n) is 4.58. The molecule has 0 atom stereocenters. The van der Waals surface area contributed by atoms with Crippen molar-refractivity contribution in [3.05, 3.63) is 29.5 Å². The van der Waals surface area contributed by atoms with Gasteiger partial charge in [0.25, 0.3) is 0 Å². The number of aromatic nitrogens is 1. The molecule has 0 aliphatic carbocycles. The van der Waals surface area contributed by atoms with Gasteiger partial charge in [-0.2, -0.15) is 0 Å². The lowest BCUT2D eigenvalue weighted by Crippen LogP contribution is -1.87. The molecule has 1 aromatic carbocycles. The molecule has 2 nitrogen and oxygen atoms in total. The summed E-state index contributed by atoms with van der Waals surface area (Å²) in [4.78, 5) is 3.21. The fourth-order valence-electron chi connectivity index (χ4n) is 1.76. The van der Waals surface area contributed by atoms with Crippen LogP contribution in [0.3, 0.4) is 0 Å². The molecule has 0 unspecified atom stereocenters. The lowest BCUT2D eigenvalue weighted by Gasteiger charge is -2.00. The third kappa shape index (κ3) is 1.18. The molecule has 0 fully saturated rings. The van der Waals surface area contributed by atoms with Crippen LogP contribution in [-0.2, 0) is 6.42 Å². The predicted molar refractivity (Wildman–Crippen MR) is 56.8 cm³/mol. The number of anilines is 1. The van der Waals surface area contributed by atoms with Crippen LogP contribution >= 0.6 is 0 Å². The number of hydrogen-bond donors (Lipinski definition) is 2. The summed E-state index contributed by atoms with van der Waals surface area (Å²) in [5, 5.41) is 1.26. The van der Waals surface area contributed by atoms with E-state index in [0.717, 1.165) is 17.6 Å². The maximum absolute atomic E-state index is 5.89. The molecule has 0 radical (unpaired) electrons. The highest BCUT2D eigenvalue weighted by Gasteiger charge is 2.04. The monoisotopic (exact) mass is 174 g/mol. The Morgan fingerprint density at radius 3 is 2.85 bits per heavy atom. The van der Waals surface area contributed by atoms with Crippen LogP contribution in [0.15, 0.2) is 18.3 Å². The first-order chi connectivity index (χ1) is 6.22. The van der Waals surface area contributed by atoms with Gasteiger partial charge in [0.05, 0.1) is 11.2 Å². The average Bonchev–Trinajstić information content (AvgIpc) is 2.47. The number of fused-ring (bicyclic) bond motifs is 1. The fraction of sp³-hybridized carbons (Fsp3) is 0.273. The minimum Gasteiger partial charge on any atom is -0.397 e. The van der Waals surface area contributed by atoms with E-state index in [2.05, 4.69) is 24.9 Å². The highest BCUT2D eigenvalue weighted by Crippen LogP contribution is 2.25. The lowest BCUT2D eigenvalue weighted by atomic mass is 10.1. The van der Waals surface area contributed by atoms with Gasteiger partial charge < -0.3 is 10.7 Å². The van der Waals surface area contributed by atoms with Crippen molar-refractivity contribution in [1.82, 2.24) is 4.98 Å². The summed E-state index contributed by atoms with van der Waals surface area (Å²) in [6.45, 7) is 4.23. The molecular formula is C11H14N2. The van der Waals surface area contributed by atoms with Crippen molar-refractivity contribution in [1.29, 1.82) is 0 Å². The largest absolute Gasteiger partial charge is 0.397 e. The van der Waals surface area contributed by atoms with Crippen molar-refractivity contribution < 1.29 is 0 Å². The van der Waals surface area contributed by atoms with Crippen LogP contribution in [0.5, 0.6) is 0 Å². The van der Waals surface area contributed by atoms with Crippen molar-refractivity contribution in [2.45, 2.75) is 20.3 Å². The predicted octanol–water partition coefficient (Wildman–Crippen LogP) is 2.62. The van der Waals surface area contributed by atoms with Crippen LogP contribution in [0.2, 0.25) is 0 Å². The Kier molecular flexibility index (Phi) is 1.76. The first-order valence-corrected chi connectivity index (χ1v) is 4.58. The van der Waals surface area contributed by atoms with Crippen molar-refractivity contribution in [3.63, 3.8) is 0 Å². The number of nitrogens with two attached hydrogens (primary N) is 1. The highest BCUT2D eigenvalue weighted by molar-refractivity contribution is 5.93. The van der Waals surface area contributed by atoms with E-state index in [4.69, 9.17) is 5.73 Å². The average molecular weight is 174 g/mol. The molecule has 3 N–H and O–H groups in total. The molecule has 68 valence electrons. The smallest absolute Gasteiger partial charge is 0.0690 e. The van der Waals surface area contributed by atoms with Gasteiger partial charge in [-0.05, 0) is 36.6 Å². The second-order valence-corrected chi connectivity index (χ2v) is 3.44. The second-order valence-electron chi connectivity index (χ2n) is 3.44. The zero-order valence-electron chi connectivity index (χ0n) is 8.02. The van der Waals surface area contributed by atoms with Crippen LogP contribution in [0.4, 0.5) is 5.69 Å². The molecule has 0 aliphatic heterocycles.